The molecule has 2 aromatic carbocycles. The van der Waals surface area contributed by atoms with Crippen LogP contribution in [0.2, 0.25) is 0 Å². The SMILES string of the molecule is CCCCCCc1ccc(Sc2cc(O)ccc2O)cc1. The van der Waals surface area contributed by atoms with Gasteiger partial charge in [0, 0.05) is 4.90 Å². The molecule has 0 radical (unpaired) electrons. The minimum Gasteiger partial charge on any atom is -0.508 e. The summed E-state index contributed by atoms with van der Waals surface area (Å²) in [4.78, 5) is 1.74. The molecule has 3 heteroatoms. The third-order valence-electron chi connectivity index (χ3n) is 3.41. The minimum atomic E-state index is 0.169. The molecule has 0 bridgehead atoms. The topological polar surface area (TPSA) is 40.5 Å². The Balaban J connectivity index is 1.94. The van der Waals surface area contributed by atoms with Gasteiger partial charge in [-0.1, -0.05) is 50.1 Å². The number of aryl methyl sites for hydroxylation is 1. The van der Waals surface area contributed by atoms with Gasteiger partial charge in [-0.3, -0.25) is 0 Å². The number of aromatic hydroxyl groups is 2. The lowest BCUT2D eigenvalue weighted by atomic mass is 10.1. The van der Waals surface area contributed by atoms with E-state index in [1.54, 1.807) is 6.07 Å². The molecule has 0 aliphatic heterocycles. The van der Waals surface area contributed by atoms with E-state index in [0.717, 1.165) is 11.3 Å². The average Bonchev–Trinajstić information content (AvgIpc) is 2.49. The zero-order chi connectivity index (χ0) is 15.1. The van der Waals surface area contributed by atoms with Crippen molar-refractivity contribution < 1.29 is 10.2 Å². The highest BCUT2D eigenvalue weighted by Gasteiger charge is 2.05. The van der Waals surface area contributed by atoms with E-state index in [0.29, 0.717) is 4.90 Å². The zero-order valence-corrected chi connectivity index (χ0v) is 13.2. The summed E-state index contributed by atoms with van der Waals surface area (Å²) in [6.07, 6.45) is 6.24. The highest BCUT2D eigenvalue weighted by atomic mass is 32.2. The van der Waals surface area contributed by atoms with Crippen molar-refractivity contribution in [3.8, 4) is 11.5 Å². The number of hydrogen-bond donors (Lipinski definition) is 2. The Morgan fingerprint density at radius 2 is 1.67 bits per heavy atom. The zero-order valence-electron chi connectivity index (χ0n) is 12.4. The fourth-order valence-electron chi connectivity index (χ4n) is 2.19. The second kappa shape index (κ2) is 7.99. The summed E-state index contributed by atoms with van der Waals surface area (Å²) in [6, 6.07) is 13.0. The molecular formula is C18H22O2S. The van der Waals surface area contributed by atoms with E-state index >= 15 is 0 Å². The van der Waals surface area contributed by atoms with Gasteiger partial charge in [-0.15, -0.1) is 0 Å². The molecule has 2 aromatic rings. The molecule has 2 nitrogen and oxygen atoms in total. The third kappa shape index (κ3) is 5.01. The van der Waals surface area contributed by atoms with Crippen molar-refractivity contribution in [3.05, 3.63) is 48.0 Å². The first-order valence-corrected chi connectivity index (χ1v) is 8.29. The maximum atomic E-state index is 9.79. The second-order valence-electron chi connectivity index (χ2n) is 5.21. The summed E-state index contributed by atoms with van der Waals surface area (Å²) in [5.41, 5.74) is 1.36. The Kier molecular flexibility index (Phi) is 6.00. The monoisotopic (exact) mass is 302 g/mol. The Morgan fingerprint density at radius 1 is 0.905 bits per heavy atom. The van der Waals surface area contributed by atoms with E-state index in [1.807, 2.05) is 0 Å². The van der Waals surface area contributed by atoms with Crippen molar-refractivity contribution in [2.45, 2.75) is 48.8 Å². The molecule has 0 unspecified atom stereocenters. The van der Waals surface area contributed by atoms with E-state index in [-0.39, 0.29) is 11.5 Å². The first kappa shape index (κ1) is 15.8. The van der Waals surface area contributed by atoms with Gasteiger partial charge in [0.1, 0.15) is 11.5 Å². The standard InChI is InChI=1S/C18H22O2S/c1-2-3-4-5-6-14-7-10-16(11-8-14)21-18-13-15(19)9-12-17(18)20/h7-13,19-20H,2-6H2,1H3. The molecule has 0 aliphatic rings. The molecule has 0 atom stereocenters. The lowest BCUT2D eigenvalue weighted by molar-refractivity contribution is 0.448. The van der Waals surface area contributed by atoms with Crippen molar-refractivity contribution >= 4 is 11.8 Å². The minimum absolute atomic E-state index is 0.169. The molecule has 112 valence electrons. The number of hydrogen-bond acceptors (Lipinski definition) is 3. The molecule has 0 aliphatic carbocycles. The van der Waals surface area contributed by atoms with Crippen molar-refractivity contribution in [1.82, 2.24) is 0 Å². The fourth-order valence-corrected chi connectivity index (χ4v) is 3.07. The molecule has 0 amide bonds. The molecule has 0 saturated heterocycles. The number of benzene rings is 2. The largest absolute Gasteiger partial charge is 0.508 e. The van der Waals surface area contributed by atoms with Crippen LogP contribution < -0.4 is 0 Å². The van der Waals surface area contributed by atoms with Crippen LogP contribution in [0.25, 0.3) is 0 Å². The Bertz CT molecular complexity index is 564. The molecule has 0 aromatic heterocycles. The molecule has 0 heterocycles. The van der Waals surface area contributed by atoms with Crippen LogP contribution in [0.1, 0.15) is 38.2 Å². The smallest absolute Gasteiger partial charge is 0.129 e. The highest BCUT2D eigenvalue weighted by Crippen LogP contribution is 2.36. The quantitative estimate of drug-likeness (QED) is 0.533. The summed E-state index contributed by atoms with van der Waals surface area (Å²) in [7, 11) is 0. The van der Waals surface area contributed by atoms with Gasteiger partial charge < -0.3 is 10.2 Å². The number of phenols is 2. The number of rotatable bonds is 7. The maximum Gasteiger partial charge on any atom is 0.129 e. The van der Waals surface area contributed by atoms with Crippen LogP contribution in [0, 0.1) is 0 Å². The number of phenolic OH excluding ortho intramolecular Hbond substituents is 2. The second-order valence-corrected chi connectivity index (χ2v) is 6.32. The maximum absolute atomic E-state index is 9.79. The van der Waals surface area contributed by atoms with Crippen LogP contribution in [0.15, 0.2) is 52.3 Å². The van der Waals surface area contributed by atoms with Crippen LogP contribution in [-0.4, -0.2) is 10.2 Å². The molecule has 2 rings (SSSR count). The molecular weight excluding hydrogens is 280 g/mol. The Morgan fingerprint density at radius 3 is 2.38 bits per heavy atom. The molecule has 2 N–H and O–H groups in total. The molecule has 0 saturated carbocycles. The van der Waals surface area contributed by atoms with Crippen molar-refractivity contribution in [2.24, 2.45) is 0 Å². The first-order valence-electron chi connectivity index (χ1n) is 7.48. The fraction of sp³-hybridized carbons (Fsp3) is 0.333. The summed E-state index contributed by atoms with van der Waals surface area (Å²) < 4.78 is 0. The van der Waals surface area contributed by atoms with E-state index in [1.165, 1.54) is 55.1 Å². The normalized spacial score (nSPS) is 10.7. The van der Waals surface area contributed by atoms with Crippen molar-refractivity contribution in [2.75, 3.05) is 0 Å². The van der Waals surface area contributed by atoms with E-state index in [9.17, 15) is 10.2 Å². The third-order valence-corrected chi connectivity index (χ3v) is 4.47. The van der Waals surface area contributed by atoms with E-state index < -0.39 is 0 Å². The van der Waals surface area contributed by atoms with Gasteiger partial charge >= 0.3 is 0 Å². The van der Waals surface area contributed by atoms with Gasteiger partial charge in [0.25, 0.3) is 0 Å². The van der Waals surface area contributed by atoms with Crippen LogP contribution in [0.5, 0.6) is 11.5 Å². The van der Waals surface area contributed by atoms with Crippen LogP contribution in [-0.2, 0) is 6.42 Å². The van der Waals surface area contributed by atoms with Gasteiger partial charge in [-0.2, -0.15) is 0 Å². The van der Waals surface area contributed by atoms with Crippen LogP contribution in [0.3, 0.4) is 0 Å². The van der Waals surface area contributed by atoms with Gasteiger partial charge in [0.05, 0.1) is 4.90 Å². The Hall–Kier alpha value is -1.61. The summed E-state index contributed by atoms with van der Waals surface area (Å²) >= 11 is 1.46. The average molecular weight is 302 g/mol. The summed E-state index contributed by atoms with van der Waals surface area (Å²) in [5.74, 6) is 0.365. The van der Waals surface area contributed by atoms with E-state index in [4.69, 9.17) is 0 Å². The molecule has 21 heavy (non-hydrogen) atoms. The van der Waals surface area contributed by atoms with Gasteiger partial charge in [-0.05, 0) is 48.7 Å². The summed E-state index contributed by atoms with van der Waals surface area (Å²) in [6.45, 7) is 2.23. The van der Waals surface area contributed by atoms with E-state index in [2.05, 4.69) is 31.2 Å². The van der Waals surface area contributed by atoms with Crippen LogP contribution in [0.4, 0.5) is 0 Å². The number of unbranched alkanes of at least 4 members (excludes halogenated alkanes) is 3. The van der Waals surface area contributed by atoms with Crippen molar-refractivity contribution in [1.29, 1.82) is 0 Å². The van der Waals surface area contributed by atoms with Gasteiger partial charge in [0.15, 0.2) is 0 Å². The summed E-state index contributed by atoms with van der Waals surface area (Å²) in [5, 5.41) is 19.3. The van der Waals surface area contributed by atoms with Gasteiger partial charge in [-0.25, -0.2) is 0 Å². The molecule has 0 fully saturated rings. The Labute approximate surface area is 130 Å². The van der Waals surface area contributed by atoms with Gasteiger partial charge in [0.2, 0.25) is 0 Å². The lowest BCUT2D eigenvalue weighted by Crippen LogP contribution is -1.85. The predicted molar refractivity (Wildman–Crippen MR) is 88.2 cm³/mol. The van der Waals surface area contributed by atoms with Crippen molar-refractivity contribution in [3.63, 3.8) is 0 Å². The predicted octanol–water partition coefficient (Wildman–Crippen LogP) is 5.37. The van der Waals surface area contributed by atoms with Crippen LogP contribution >= 0.6 is 11.8 Å². The highest BCUT2D eigenvalue weighted by molar-refractivity contribution is 7.99. The molecule has 0 spiro atoms. The lowest BCUT2D eigenvalue weighted by Gasteiger charge is -2.06. The first-order chi connectivity index (χ1) is 10.2.